The minimum absolute atomic E-state index is 0.668. The summed E-state index contributed by atoms with van der Waals surface area (Å²) >= 11 is 3.11. The number of carbonyl (C=O) groups is 4. The topological polar surface area (TPSA) is 114 Å². The van der Waals surface area contributed by atoms with E-state index >= 15 is 0 Å². The van der Waals surface area contributed by atoms with Crippen molar-refractivity contribution in [3.05, 3.63) is 0 Å². The fourth-order valence-electron chi connectivity index (χ4n) is 2.07. The average Bonchev–Trinajstić information content (AvgIpc) is 2.43. The molecule has 0 radical (unpaired) electrons. The molecule has 5 atom stereocenters. The first-order chi connectivity index (χ1) is 10.7. The lowest BCUT2D eigenvalue weighted by Crippen LogP contribution is -2.61. The summed E-state index contributed by atoms with van der Waals surface area (Å²) in [6, 6.07) is 0. The maximum absolute atomic E-state index is 11.9. The quantitative estimate of drug-likeness (QED) is 0.369. The van der Waals surface area contributed by atoms with Crippen molar-refractivity contribution in [2.24, 2.45) is 0 Å². The van der Waals surface area contributed by atoms with E-state index in [2.05, 4.69) is 20.7 Å². The fraction of sp³-hybridized carbons (Fsp3) is 0.692. The van der Waals surface area contributed by atoms with Gasteiger partial charge in [-0.05, 0) is 0 Å². The van der Waals surface area contributed by atoms with Crippen LogP contribution in [0.15, 0.2) is 0 Å². The molecule has 1 rings (SSSR count). The second-order valence-electron chi connectivity index (χ2n) is 4.65. The molecule has 0 N–H and O–H groups in total. The highest BCUT2D eigenvalue weighted by atomic mass is 79.9. The van der Waals surface area contributed by atoms with Gasteiger partial charge < -0.3 is 23.7 Å². The van der Waals surface area contributed by atoms with Gasteiger partial charge in [0.15, 0.2) is 29.4 Å². The molecule has 0 unspecified atom stereocenters. The van der Waals surface area contributed by atoms with Crippen LogP contribution >= 0.6 is 15.9 Å². The highest BCUT2D eigenvalue weighted by molar-refractivity contribution is 9.09. The highest BCUT2D eigenvalue weighted by Crippen LogP contribution is 2.31. The van der Waals surface area contributed by atoms with Crippen LogP contribution in [0, 0.1) is 0 Å². The van der Waals surface area contributed by atoms with Gasteiger partial charge in [-0.25, -0.2) is 4.79 Å². The monoisotopic (exact) mass is 396 g/mol. The molecule has 0 saturated carbocycles. The molecule has 10 heteroatoms. The first-order valence-electron chi connectivity index (χ1n) is 6.56. The lowest BCUT2D eigenvalue weighted by atomic mass is 9.99. The molecule has 1 aliphatic heterocycles. The number of methoxy groups -OCH3 is 1. The number of rotatable bonds is 4. The molecule has 0 bridgehead atoms. The van der Waals surface area contributed by atoms with E-state index in [1.165, 1.54) is 0 Å². The zero-order valence-electron chi connectivity index (χ0n) is 12.9. The minimum atomic E-state index is -1.36. The molecule has 0 amide bonds. The van der Waals surface area contributed by atoms with Crippen molar-refractivity contribution < 1.29 is 42.9 Å². The summed E-state index contributed by atoms with van der Waals surface area (Å²) in [5, 5.41) is -0.980. The number of ether oxygens (including phenoxy) is 5. The van der Waals surface area contributed by atoms with Crippen LogP contribution in [0.5, 0.6) is 0 Å². The first kappa shape index (κ1) is 19.4. The van der Waals surface area contributed by atoms with Gasteiger partial charge in [-0.1, -0.05) is 15.9 Å². The van der Waals surface area contributed by atoms with E-state index < -0.39 is 53.3 Å². The lowest BCUT2D eigenvalue weighted by Gasteiger charge is -2.41. The van der Waals surface area contributed by atoms with E-state index in [0.29, 0.717) is 0 Å². The van der Waals surface area contributed by atoms with Crippen LogP contribution in [-0.2, 0) is 42.9 Å². The smallest absolute Gasteiger partial charge is 0.339 e. The Morgan fingerprint density at radius 1 is 0.826 bits per heavy atom. The second-order valence-corrected chi connectivity index (χ2v) is 5.56. The van der Waals surface area contributed by atoms with Crippen molar-refractivity contribution in [2.75, 3.05) is 7.11 Å². The summed E-state index contributed by atoms with van der Waals surface area (Å²) in [4.78, 5) is 45.8. The van der Waals surface area contributed by atoms with Crippen molar-refractivity contribution in [1.82, 2.24) is 0 Å². The molecule has 0 aromatic carbocycles. The molecule has 1 saturated heterocycles. The van der Waals surface area contributed by atoms with Gasteiger partial charge in [-0.2, -0.15) is 0 Å². The number of halogens is 1. The van der Waals surface area contributed by atoms with Crippen LogP contribution in [0.25, 0.3) is 0 Å². The van der Waals surface area contributed by atoms with Crippen molar-refractivity contribution in [3.63, 3.8) is 0 Å². The summed E-state index contributed by atoms with van der Waals surface area (Å²) in [5.41, 5.74) is 0. The summed E-state index contributed by atoms with van der Waals surface area (Å²) in [6.45, 7) is 3.39. The Morgan fingerprint density at radius 2 is 1.26 bits per heavy atom. The number of hydrogen-bond donors (Lipinski definition) is 0. The number of carbonyl (C=O) groups excluding carboxylic acids is 4. The van der Waals surface area contributed by atoms with Crippen LogP contribution in [0.2, 0.25) is 0 Å². The highest BCUT2D eigenvalue weighted by Gasteiger charge is 2.53. The summed E-state index contributed by atoms with van der Waals surface area (Å²) in [6.07, 6.45) is -5.06. The van der Waals surface area contributed by atoms with Gasteiger partial charge in [0.2, 0.25) is 0 Å². The number of hydrogen-bond acceptors (Lipinski definition) is 9. The standard InChI is InChI=1S/C13H17BrO9/c1-5(15)20-8-9(21-6(2)16)11(13(18)19-4)23-12(14)10(8)22-7(3)17/h8-12H,1-4H3/t8-,9+,10+,11+,12-/m0/s1. The lowest BCUT2D eigenvalue weighted by molar-refractivity contribution is -0.234. The zero-order chi connectivity index (χ0) is 17.7. The molecule has 130 valence electrons. The Kier molecular flexibility index (Phi) is 6.95. The third kappa shape index (κ3) is 5.17. The van der Waals surface area contributed by atoms with Gasteiger partial charge in [0, 0.05) is 20.8 Å². The van der Waals surface area contributed by atoms with Crippen LogP contribution < -0.4 is 0 Å². The SMILES string of the molecule is COC(=O)[C@@H]1O[C@H](Br)[C@H](OC(C)=O)[C@@H](OC(C)=O)[C@H]1OC(C)=O. The Labute approximate surface area is 140 Å². The molecule has 0 aromatic heterocycles. The van der Waals surface area contributed by atoms with Gasteiger partial charge in [-0.3, -0.25) is 14.4 Å². The van der Waals surface area contributed by atoms with E-state index in [1.54, 1.807) is 0 Å². The Morgan fingerprint density at radius 3 is 1.70 bits per heavy atom. The Balaban J connectivity index is 3.21. The van der Waals surface area contributed by atoms with Gasteiger partial charge in [0.05, 0.1) is 7.11 Å². The van der Waals surface area contributed by atoms with Gasteiger partial charge in [0.25, 0.3) is 0 Å². The maximum Gasteiger partial charge on any atom is 0.339 e. The van der Waals surface area contributed by atoms with Gasteiger partial charge >= 0.3 is 23.9 Å². The summed E-state index contributed by atoms with van der Waals surface area (Å²) < 4.78 is 25.2. The molecule has 0 spiro atoms. The van der Waals surface area contributed by atoms with Crippen molar-refractivity contribution in [2.45, 2.75) is 50.2 Å². The van der Waals surface area contributed by atoms with Crippen LogP contribution in [-0.4, -0.2) is 60.4 Å². The molecule has 23 heavy (non-hydrogen) atoms. The van der Waals surface area contributed by atoms with Crippen LogP contribution in [0.3, 0.4) is 0 Å². The largest absolute Gasteiger partial charge is 0.467 e. The molecule has 0 aliphatic carbocycles. The predicted octanol–water partition coefficient (Wildman–Crippen LogP) is 0.0743. The average molecular weight is 397 g/mol. The van der Waals surface area contributed by atoms with Gasteiger partial charge in [-0.15, -0.1) is 0 Å². The fourth-order valence-corrected chi connectivity index (χ4v) is 2.71. The number of alkyl halides is 1. The van der Waals surface area contributed by atoms with Crippen molar-refractivity contribution in [3.8, 4) is 0 Å². The molecular formula is C13H17BrO9. The third-order valence-corrected chi connectivity index (χ3v) is 3.56. The Hall–Kier alpha value is -1.68. The number of esters is 4. The van der Waals surface area contributed by atoms with Crippen LogP contribution in [0.1, 0.15) is 20.8 Å². The van der Waals surface area contributed by atoms with E-state index in [4.69, 9.17) is 18.9 Å². The van der Waals surface area contributed by atoms with E-state index in [0.717, 1.165) is 27.9 Å². The normalized spacial score (nSPS) is 30.0. The second kappa shape index (κ2) is 8.25. The molecule has 0 aromatic rings. The van der Waals surface area contributed by atoms with E-state index in [-0.39, 0.29) is 0 Å². The van der Waals surface area contributed by atoms with E-state index in [1.807, 2.05) is 0 Å². The molecule has 1 fully saturated rings. The third-order valence-electron chi connectivity index (χ3n) is 2.82. The van der Waals surface area contributed by atoms with E-state index in [9.17, 15) is 19.2 Å². The summed E-state index contributed by atoms with van der Waals surface area (Å²) in [5.74, 6) is -2.95. The minimum Gasteiger partial charge on any atom is -0.467 e. The van der Waals surface area contributed by atoms with Crippen LogP contribution in [0.4, 0.5) is 0 Å². The first-order valence-corrected chi connectivity index (χ1v) is 7.48. The molecule has 1 aliphatic rings. The Bertz CT molecular complexity index is 492. The maximum atomic E-state index is 11.9. The van der Waals surface area contributed by atoms with Crippen molar-refractivity contribution >= 4 is 39.8 Å². The molecule has 9 nitrogen and oxygen atoms in total. The summed E-state index contributed by atoms with van der Waals surface area (Å²) in [7, 11) is 1.12. The van der Waals surface area contributed by atoms with Crippen molar-refractivity contribution in [1.29, 1.82) is 0 Å². The predicted molar refractivity (Wildman–Crippen MR) is 76.3 cm³/mol. The molecule has 1 heterocycles. The molecular weight excluding hydrogens is 380 g/mol. The van der Waals surface area contributed by atoms with Gasteiger partial charge in [0.1, 0.15) is 0 Å². The zero-order valence-corrected chi connectivity index (χ0v) is 14.5.